The van der Waals surface area contributed by atoms with Gasteiger partial charge >= 0.3 is 12.4 Å². The van der Waals surface area contributed by atoms with E-state index in [4.69, 9.17) is 10.8 Å². The summed E-state index contributed by atoms with van der Waals surface area (Å²) in [7, 11) is 0. The Morgan fingerprint density at radius 2 is 1.36 bits per heavy atom. The highest BCUT2D eigenvalue weighted by Gasteiger charge is 2.56. The minimum Gasteiger partial charge on any atom is -0.395 e. The van der Waals surface area contributed by atoms with Crippen LogP contribution in [0.15, 0.2) is 0 Å². The molecule has 0 amide bonds. The molecule has 0 saturated heterocycles. The standard InChI is InChI=1S/C6H9F6NO/c7-5(8,9)4(6(10,11)12)1-3(13)2-14/h3-4,14H,1-2,13H2. The van der Waals surface area contributed by atoms with Crippen LogP contribution in [-0.2, 0) is 0 Å². The topological polar surface area (TPSA) is 46.2 Å². The van der Waals surface area contributed by atoms with Crippen molar-refractivity contribution in [3.8, 4) is 0 Å². The van der Waals surface area contributed by atoms with E-state index in [9.17, 15) is 26.3 Å². The van der Waals surface area contributed by atoms with E-state index in [1.165, 1.54) is 0 Å². The van der Waals surface area contributed by atoms with Crippen LogP contribution >= 0.6 is 0 Å². The van der Waals surface area contributed by atoms with Crippen LogP contribution in [-0.4, -0.2) is 30.1 Å². The Morgan fingerprint density at radius 3 is 1.57 bits per heavy atom. The minimum atomic E-state index is -5.38. The molecular formula is C6H9F6NO. The first-order chi connectivity index (χ1) is 6.09. The van der Waals surface area contributed by atoms with Gasteiger partial charge in [-0.05, 0) is 6.42 Å². The molecule has 0 spiro atoms. The number of alkyl halides is 6. The molecule has 1 unspecified atom stereocenters. The molecule has 0 saturated carbocycles. The summed E-state index contributed by atoms with van der Waals surface area (Å²) in [4.78, 5) is 0. The number of aliphatic hydroxyl groups excluding tert-OH is 1. The summed E-state index contributed by atoms with van der Waals surface area (Å²) in [5.41, 5.74) is 4.82. The van der Waals surface area contributed by atoms with Crippen molar-refractivity contribution < 1.29 is 31.4 Å². The molecule has 0 aromatic carbocycles. The van der Waals surface area contributed by atoms with E-state index < -0.39 is 37.3 Å². The van der Waals surface area contributed by atoms with Crippen molar-refractivity contribution in [1.82, 2.24) is 0 Å². The maximum absolute atomic E-state index is 11.9. The van der Waals surface area contributed by atoms with Crippen LogP contribution in [0.5, 0.6) is 0 Å². The zero-order valence-corrected chi connectivity index (χ0v) is 6.86. The zero-order valence-electron chi connectivity index (χ0n) is 6.86. The van der Waals surface area contributed by atoms with Crippen molar-refractivity contribution in [3.63, 3.8) is 0 Å². The molecule has 0 aliphatic heterocycles. The van der Waals surface area contributed by atoms with Gasteiger partial charge in [-0.3, -0.25) is 0 Å². The molecule has 3 N–H and O–H groups in total. The van der Waals surface area contributed by atoms with Gasteiger partial charge in [-0.2, -0.15) is 26.3 Å². The van der Waals surface area contributed by atoms with Crippen molar-refractivity contribution in [2.75, 3.05) is 6.61 Å². The fraction of sp³-hybridized carbons (Fsp3) is 1.00. The Labute approximate surface area is 75.7 Å². The van der Waals surface area contributed by atoms with Gasteiger partial charge in [0.05, 0.1) is 6.61 Å². The fourth-order valence-corrected chi connectivity index (χ4v) is 0.830. The second-order valence-corrected chi connectivity index (χ2v) is 2.81. The van der Waals surface area contributed by atoms with Gasteiger partial charge in [0, 0.05) is 6.04 Å². The first-order valence-corrected chi connectivity index (χ1v) is 3.59. The number of aliphatic hydroxyl groups is 1. The molecule has 1 atom stereocenters. The lowest BCUT2D eigenvalue weighted by molar-refractivity contribution is -0.286. The second kappa shape index (κ2) is 4.35. The predicted octanol–water partition coefficient (Wildman–Crippen LogP) is 1.44. The maximum Gasteiger partial charge on any atom is 0.400 e. The molecule has 0 aromatic rings. The van der Waals surface area contributed by atoms with Crippen LogP contribution < -0.4 is 5.73 Å². The third kappa shape index (κ3) is 4.14. The molecule has 14 heavy (non-hydrogen) atoms. The van der Waals surface area contributed by atoms with Crippen LogP contribution in [0.4, 0.5) is 26.3 Å². The number of halogens is 6. The van der Waals surface area contributed by atoms with E-state index in [0.29, 0.717) is 0 Å². The third-order valence-corrected chi connectivity index (χ3v) is 1.56. The maximum atomic E-state index is 11.9. The average Bonchev–Trinajstić information content (AvgIpc) is 1.95. The molecule has 86 valence electrons. The molecule has 0 radical (unpaired) electrons. The van der Waals surface area contributed by atoms with Crippen molar-refractivity contribution in [3.05, 3.63) is 0 Å². The molecule has 0 bridgehead atoms. The van der Waals surface area contributed by atoms with Crippen LogP contribution in [0.3, 0.4) is 0 Å². The average molecular weight is 225 g/mol. The second-order valence-electron chi connectivity index (χ2n) is 2.81. The highest BCUT2D eigenvalue weighted by Crippen LogP contribution is 2.41. The fourth-order valence-electron chi connectivity index (χ4n) is 0.830. The summed E-state index contributed by atoms with van der Waals surface area (Å²) in [5.74, 6) is -3.47. The molecule has 0 heterocycles. The Morgan fingerprint density at radius 1 is 1.00 bits per heavy atom. The van der Waals surface area contributed by atoms with E-state index in [1.54, 1.807) is 0 Å². The van der Waals surface area contributed by atoms with E-state index in [-0.39, 0.29) is 0 Å². The summed E-state index contributed by atoms with van der Waals surface area (Å²) >= 11 is 0. The predicted molar refractivity (Wildman–Crippen MR) is 35.3 cm³/mol. The lowest BCUT2D eigenvalue weighted by Crippen LogP contribution is -2.41. The van der Waals surface area contributed by atoms with Gasteiger partial charge in [0.2, 0.25) is 0 Å². The molecule has 0 aromatic heterocycles. The third-order valence-electron chi connectivity index (χ3n) is 1.56. The summed E-state index contributed by atoms with van der Waals surface area (Å²) in [6, 6.07) is -1.52. The van der Waals surface area contributed by atoms with Crippen LogP contribution in [0.1, 0.15) is 6.42 Å². The van der Waals surface area contributed by atoms with Crippen LogP contribution in [0.25, 0.3) is 0 Å². The zero-order chi connectivity index (χ0) is 11.6. The molecule has 0 aliphatic carbocycles. The number of rotatable bonds is 3. The normalized spacial score (nSPS) is 16.1. The van der Waals surface area contributed by atoms with Gasteiger partial charge in [0.1, 0.15) is 0 Å². The van der Waals surface area contributed by atoms with Gasteiger partial charge < -0.3 is 10.8 Å². The van der Waals surface area contributed by atoms with Gasteiger partial charge in [0.25, 0.3) is 0 Å². The van der Waals surface area contributed by atoms with Gasteiger partial charge in [-0.15, -0.1) is 0 Å². The smallest absolute Gasteiger partial charge is 0.395 e. The molecule has 8 heteroatoms. The molecule has 0 aliphatic rings. The van der Waals surface area contributed by atoms with Gasteiger partial charge in [0.15, 0.2) is 5.92 Å². The lowest BCUT2D eigenvalue weighted by atomic mass is 9.99. The highest BCUT2D eigenvalue weighted by atomic mass is 19.4. The number of nitrogens with two attached hydrogens (primary N) is 1. The molecule has 0 rings (SSSR count). The SMILES string of the molecule is NC(CO)CC(C(F)(F)F)C(F)(F)F. The number of hydrogen-bond donors (Lipinski definition) is 2. The monoisotopic (exact) mass is 225 g/mol. The minimum absolute atomic E-state index is 0.914. The summed E-state index contributed by atoms with van der Waals surface area (Å²) < 4.78 is 71.1. The lowest BCUT2D eigenvalue weighted by Gasteiger charge is -2.24. The van der Waals surface area contributed by atoms with Crippen molar-refractivity contribution in [2.45, 2.75) is 24.8 Å². The van der Waals surface area contributed by atoms with E-state index in [2.05, 4.69) is 0 Å². The van der Waals surface area contributed by atoms with Gasteiger partial charge in [-0.1, -0.05) is 0 Å². The summed E-state index contributed by atoms with van der Waals surface area (Å²) in [5, 5.41) is 8.26. The van der Waals surface area contributed by atoms with E-state index in [1.807, 2.05) is 0 Å². The largest absolute Gasteiger partial charge is 0.400 e. The first-order valence-electron chi connectivity index (χ1n) is 3.59. The molecule has 0 fully saturated rings. The quantitative estimate of drug-likeness (QED) is 0.714. The number of hydrogen-bond acceptors (Lipinski definition) is 2. The van der Waals surface area contributed by atoms with E-state index in [0.717, 1.165) is 0 Å². The van der Waals surface area contributed by atoms with Crippen molar-refractivity contribution >= 4 is 0 Å². The molecular weight excluding hydrogens is 216 g/mol. The Kier molecular flexibility index (Phi) is 4.19. The summed E-state index contributed by atoms with van der Waals surface area (Å²) in [6.45, 7) is -0.914. The Balaban J connectivity index is 4.59. The van der Waals surface area contributed by atoms with Crippen LogP contribution in [0.2, 0.25) is 0 Å². The van der Waals surface area contributed by atoms with Gasteiger partial charge in [-0.25, -0.2) is 0 Å². The van der Waals surface area contributed by atoms with Crippen molar-refractivity contribution in [1.29, 1.82) is 0 Å². The summed E-state index contributed by atoms with van der Waals surface area (Å²) in [6.07, 6.45) is -12.1. The Bertz CT molecular complexity index is 162. The highest BCUT2D eigenvalue weighted by molar-refractivity contribution is 4.79. The first kappa shape index (κ1) is 13.5. The molecule has 2 nitrogen and oxygen atoms in total. The Hall–Kier alpha value is -0.500. The van der Waals surface area contributed by atoms with Crippen molar-refractivity contribution in [2.24, 2.45) is 11.7 Å². The van der Waals surface area contributed by atoms with E-state index >= 15 is 0 Å². The van der Waals surface area contributed by atoms with Crippen LogP contribution in [0, 0.1) is 5.92 Å².